The molecule has 10 heteroatoms. The number of rotatable bonds is 14. The van der Waals surface area contributed by atoms with Crippen molar-refractivity contribution in [2.75, 3.05) is 25.1 Å². The first-order valence-corrected chi connectivity index (χ1v) is 22.6. The van der Waals surface area contributed by atoms with Crippen LogP contribution < -0.4 is 10.2 Å². The third kappa shape index (κ3) is 10.4. The molecule has 10 nitrogen and oxygen atoms in total. The quantitative estimate of drug-likeness (QED) is 0.173. The number of Topliss-reactive ketones (excluding diaryl/α,β-unsaturated/α-hetero) is 2. The van der Waals surface area contributed by atoms with E-state index in [9.17, 15) is 24.0 Å². The first kappa shape index (κ1) is 45.5. The lowest BCUT2D eigenvalue weighted by molar-refractivity contribution is -0.141. The van der Waals surface area contributed by atoms with Gasteiger partial charge in [-0.15, -0.1) is 0 Å². The molecule has 6 atom stereocenters. The highest BCUT2D eigenvalue weighted by atomic mass is 16.5. The molecule has 0 bridgehead atoms. The highest BCUT2D eigenvalue weighted by Crippen LogP contribution is 2.47. The minimum absolute atomic E-state index is 0.000554. The van der Waals surface area contributed by atoms with Crippen molar-refractivity contribution < 1.29 is 28.7 Å². The number of carbonyl (C=O) groups excluding carboxylic acids is 5. The topological polar surface area (TPSA) is 116 Å². The Kier molecular flexibility index (Phi) is 14.5. The van der Waals surface area contributed by atoms with Crippen molar-refractivity contribution in [2.24, 2.45) is 17.8 Å². The molecule has 3 unspecified atom stereocenters. The zero-order chi connectivity index (χ0) is 44.2. The zero-order valence-corrected chi connectivity index (χ0v) is 37.9. The Morgan fingerprint density at radius 3 is 1.51 bits per heavy atom. The number of hydrogen-bond acceptors (Lipinski definition) is 7. The number of nitrogens with zero attached hydrogens (tertiary/aromatic N) is 3. The molecule has 3 aliphatic heterocycles. The van der Waals surface area contributed by atoms with Gasteiger partial charge in [0.2, 0.25) is 11.8 Å². The lowest BCUT2D eigenvalue weighted by Gasteiger charge is -2.34. The first-order chi connectivity index (χ1) is 29.0. The molecule has 61 heavy (non-hydrogen) atoms. The van der Waals surface area contributed by atoms with E-state index in [-0.39, 0.29) is 71.1 Å². The van der Waals surface area contributed by atoms with Gasteiger partial charge in [-0.05, 0) is 95.7 Å². The van der Waals surface area contributed by atoms with E-state index in [2.05, 4.69) is 105 Å². The van der Waals surface area contributed by atoms with Gasteiger partial charge in [0.15, 0.2) is 11.6 Å². The van der Waals surface area contributed by atoms with Gasteiger partial charge >= 0.3 is 6.09 Å². The monoisotopic (exact) mass is 833 g/mol. The maximum Gasteiger partial charge on any atom is 0.407 e. The number of carbonyl (C=O) groups is 5. The van der Waals surface area contributed by atoms with Crippen molar-refractivity contribution in [1.82, 2.24) is 15.1 Å². The van der Waals surface area contributed by atoms with Crippen molar-refractivity contribution in [3.8, 4) is 0 Å². The van der Waals surface area contributed by atoms with Crippen LogP contribution in [0.2, 0.25) is 0 Å². The van der Waals surface area contributed by atoms with Crippen LogP contribution in [0.4, 0.5) is 10.5 Å². The van der Waals surface area contributed by atoms with Crippen LogP contribution in [-0.2, 0) is 42.2 Å². The van der Waals surface area contributed by atoms with Gasteiger partial charge in [0.05, 0.1) is 31.3 Å². The third-order valence-electron chi connectivity index (χ3n) is 13.5. The number of likely N-dealkylation sites (tertiary alicyclic amines) is 2. The molecule has 0 spiro atoms. The molecular formula is C51H68N4O6. The third-order valence-corrected chi connectivity index (χ3v) is 13.5. The SMILES string of the molecule is COC(=O)N[C@H](C(=O)N1CCC[C@H]1C(=O)Cc1ccc(C2CCC(c3ccc(CC(=O)[C@@H]4CCCN4C(=O)C(C)C(C)C)cc3)N2c2ccc(C(C)(C)C)cc2)cc1)C(C)C. The molecule has 0 saturated carbocycles. The van der Waals surface area contributed by atoms with E-state index in [1.165, 1.54) is 23.8 Å². The van der Waals surface area contributed by atoms with E-state index in [1.807, 2.05) is 37.8 Å². The molecule has 3 aromatic carbocycles. The first-order valence-electron chi connectivity index (χ1n) is 22.6. The van der Waals surface area contributed by atoms with E-state index in [0.717, 1.165) is 48.9 Å². The van der Waals surface area contributed by atoms with Crippen LogP contribution in [0.1, 0.15) is 134 Å². The summed E-state index contributed by atoms with van der Waals surface area (Å²) in [6, 6.07) is 24.4. The average Bonchev–Trinajstić information content (AvgIpc) is 4.03. The lowest BCUT2D eigenvalue weighted by atomic mass is 9.87. The van der Waals surface area contributed by atoms with E-state index < -0.39 is 18.2 Å². The number of nitrogens with one attached hydrogen (secondary N) is 1. The molecule has 3 aliphatic rings. The molecule has 328 valence electrons. The second-order valence-corrected chi connectivity index (χ2v) is 19.4. The highest BCUT2D eigenvalue weighted by molar-refractivity contribution is 5.94. The normalized spacial score (nSPS) is 21.5. The summed E-state index contributed by atoms with van der Waals surface area (Å²) >= 11 is 0. The Bertz CT molecular complexity index is 2020. The second kappa shape index (κ2) is 19.4. The van der Waals surface area contributed by atoms with Crippen molar-refractivity contribution in [3.05, 3.63) is 101 Å². The molecule has 3 amide bonds. The molecule has 0 aromatic heterocycles. The number of amides is 3. The Hall–Kier alpha value is -4.99. The van der Waals surface area contributed by atoms with E-state index in [4.69, 9.17) is 4.74 Å². The van der Waals surface area contributed by atoms with Crippen LogP contribution in [0.15, 0.2) is 72.8 Å². The van der Waals surface area contributed by atoms with Gasteiger partial charge in [-0.3, -0.25) is 19.2 Å². The Balaban J connectivity index is 1.18. The molecule has 0 aliphatic carbocycles. The van der Waals surface area contributed by atoms with Crippen LogP contribution >= 0.6 is 0 Å². The highest BCUT2D eigenvalue weighted by Gasteiger charge is 2.40. The number of alkyl carbamates (subject to hydrolysis) is 1. The van der Waals surface area contributed by atoms with Crippen LogP contribution in [0, 0.1) is 17.8 Å². The molecular weight excluding hydrogens is 765 g/mol. The minimum atomic E-state index is -0.769. The number of ketones is 2. The van der Waals surface area contributed by atoms with E-state index in [1.54, 1.807) is 4.90 Å². The standard InChI is InChI=1S/C51H68N4O6/c1-32(2)34(5)48(58)53-28-10-12-43(53)45(56)30-35-14-18-37(19-15-35)41-26-27-42(55(41)40-24-22-39(23-25-40)51(6,7)8)38-20-16-36(17-21-38)31-46(57)44-13-11-29-54(44)49(59)47(33(3)4)52-50(60)61-9/h14-25,32-34,41-44,47H,10-13,26-31H2,1-9H3,(H,52,60)/t34?,41?,42?,43-,44-,47-/m0/s1. The summed E-state index contributed by atoms with van der Waals surface area (Å²) in [6.07, 6.45) is 4.69. The van der Waals surface area contributed by atoms with Crippen molar-refractivity contribution in [2.45, 2.75) is 142 Å². The van der Waals surface area contributed by atoms with Crippen LogP contribution in [0.5, 0.6) is 0 Å². The van der Waals surface area contributed by atoms with Crippen molar-refractivity contribution in [3.63, 3.8) is 0 Å². The summed E-state index contributed by atoms with van der Waals surface area (Å²) in [5, 5.41) is 2.66. The minimum Gasteiger partial charge on any atom is -0.453 e. The number of benzene rings is 3. The molecule has 6 rings (SSSR count). The number of methoxy groups -OCH3 is 1. The van der Waals surface area contributed by atoms with Gasteiger partial charge in [0.25, 0.3) is 0 Å². The van der Waals surface area contributed by atoms with E-state index in [0.29, 0.717) is 25.9 Å². The molecule has 3 aromatic rings. The zero-order valence-electron chi connectivity index (χ0n) is 37.9. The van der Waals surface area contributed by atoms with Crippen LogP contribution in [0.25, 0.3) is 0 Å². The maximum absolute atomic E-state index is 13.8. The second-order valence-electron chi connectivity index (χ2n) is 19.4. The van der Waals surface area contributed by atoms with Crippen LogP contribution in [0.3, 0.4) is 0 Å². The summed E-state index contributed by atoms with van der Waals surface area (Å²) in [5.41, 5.74) is 6.69. The summed E-state index contributed by atoms with van der Waals surface area (Å²) in [6.45, 7) is 17.6. The smallest absolute Gasteiger partial charge is 0.407 e. The predicted octanol–water partition coefficient (Wildman–Crippen LogP) is 8.94. The lowest BCUT2D eigenvalue weighted by Crippen LogP contribution is -2.53. The Morgan fingerprint density at radius 1 is 0.639 bits per heavy atom. The number of ether oxygens (including phenoxy) is 1. The van der Waals surface area contributed by atoms with Gasteiger partial charge < -0.3 is 24.8 Å². The molecule has 1 N–H and O–H groups in total. The summed E-state index contributed by atoms with van der Waals surface area (Å²) in [7, 11) is 1.27. The largest absolute Gasteiger partial charge is 0.453 e. The summed E-state index contributed by atoms with van der Waals surface area (Å²) < 4.78 is 4.76. The maximum atomic E-state index is 13.8. The number of hydrogen-bond donors (Lipinski definition) is 1. The molecule has 3 heterocycles. The Labute approximate surface area is 363 Å². The fourth-order valence-corrected chi connectivity index (χ4v) is 9.47. The number of anilines is 1. The van der Waals surface area contributed by atoms with Gasteiger partial charge in [-0.1, -0.05) is 116 Å². The van der Waals surface area contributed by atoms with Gasteiger partial charge in [0, 0.05) is 37.5 Å². The van der Waals surface area contributed by atoms with E-state index >= 15 is 0 Å². The van der Waals surface area contributed by atoms with Crippen LogP contribution in [-0.4, -0.2) is 77.6 Å². The fraction of sp³-hybridized carbons (Fsp3) is 0.549. The summed E-state index contributed by atoms with van der Waals surface area (Å²) in [4.78, 5) is 72.2. The average molecular weight is 833 g/mol. The van der Waals surface area contributed by atoms with Crippen molar-refractivity contribution >= 4 is 35.2 Å². The molecule has 3 fully saturated rings. The molecule has 0 radical (unpaired) electrons. The van der Waals surface area contributed by atoms with Gasteiger partial charge in [-0.25, -0.2) is 4.79 Å². The van der Waals surface area contributed by atoms with Gasteiger partial charge in [-0.2, -0.15) is 0 Å². The predicted molar refractivity (Wildman–Crippen MR) is 240 cm³/mol. The fourth-order valence-electron chi connectivity index (χ4n) is 9.47. The Morgan fingerprint density at radius 2 is 1.10 bits per heavy atom. The van der Waals surface area contributed by atoms with Crippen molar-refractivity contribution in [1.29, 1.82) is 0 Å². The molecule has 3 saturated heterocycles. The van der Waals surface area contributed by atoms with Gasteiger partial charge in [0.1, 0.15) is 6.04 Å². The summed E-state index contributed by atoms with van der Waals surface area (Å²) in [5.74, 6) is -0.0826.